The van der Waals surface area contributed by atoms with Gasteiger partial charge in [0.15, 0.2) is 5.82 Å². The van der Waals surface area contributed by atoms with Crippen LogP contribution in [0.5, 0.6) is 0 Å². The summed E-state index contributed by atoms with van der Waals surface area (Å²) in [5, 5.41) is 0. The molecule has 0 N–H and O–H groups in total. The molecule has 3 aliphatic carbocycles. The summed E-state index contributed by atoms with van der Waals surface area (Å²) in [5.41, 5.74) is 20.6. The van der Waals surface area contributed by atoms with Gasteiger partial charge in [-0.2, -0.15) is 0 Å². The normalized spacial score (nSPS) is 16.1. The molecule has 1 aromatic heterocycles. The molecule has 0 bridgehead atoms. The SMILES string of the molecule is C1=CC2=C(CC1)c1ccccc1C21c2ccccc2-c2ccc(-c3cccc(-c4cccc(-c5cc(-c6ccccc6)nc(-c6ccccc6)n5)c4)c3)cc21. The van der Waals surface area contributed by atoms with E-state index in [1.165, 1.54) is 61.2 Å². The number of benzene rings is 7. The minimum atomic E-state index is -0.314. The van der Waals surface area contributed by atoms with Crippen molar-refractivity contribution < 1.29 is 0 Å². The largest absolute Gasteiger partial charge is 0.228 e. The van der Waals surface area contributed by atoms with Crippen molar-refractivity contribution >= 4 is 5.57 Å². The van der Waals surface area contributed by atoms with Gasteiger partial charge in [-0.05, 0) is 104 Å². The summed E-state index contributed by atoms with van der Waals surface area (Å²) in [5.74, 6) is 0.720. The fraction of sp³-hybridized carbons (Fsp3) is 0.0566. The van der Waals surface area contributed by atoms with E-state index in [9.17, 15) is 0 Å². The van der Waals surface area contributed by atoms with Crippen molar-refractivity contribution in [1.29, 1.82) is 0 Å². The molecule has 1 atom stereocenters. The Morgan fingerprint density at radius 1 is 0.382 bits per heavy atom. The van der Waals surface area contributed by atoms with Crippen LogP contribution in [0.2, 0.25) is 0 Å². The van der Waals surface area contributed by atoms with Crippen LogP contribution in [0.15, 0.2) is 200 Å². The molecule has 1 spiro atoms. The number of fused-ring (bicyclic) bond motifs is 9. The van der Waals surface area contributed by atoms with E-state index in [1.54, 1.807) is 0 Å². The second-order valence-corrected chi connectivity index (χ2v) is 14.8. The number of allylic oxidation sites excluding steroid dienone is 4. The molecule has 55 heavy (non-hydrogen) atoms. The molecule has 8 aromatic rings. The van der Waals surface area contributed by atoms with Gasteiger partial charge in [0.25, 0.3) is 0 Å². The summed E-state index contributed by atoms with van der Waals surface area (Å²) in [6.45, 7) is 0. The average Bonchev–Trinajstić information content (AvgIpc) is 3.74. The minimum Gasteiger partial charge on any atom is -0.228 e. The van der Waals surface area contributed by atoms with Gasteiger partial charge in [-0.25, -0.2) is 9.97 Å². The first kappa shape index (κ1) is 31.6. The molecule has 2 heteroatoms. The fourth-order valence-corrected chi connectivity index (χ4v) is 9.36. The molecular weight excluding hydrogens is 665 g/mol. The highest BCUT2D eigenvalue weighted by Gasteiger charge is 2.52. The lowest BCUT2D eigenvalue weighted by Crippen LogP contribution is -2.27. The Morgan fingerprint density at radius 2 is 0.909 bits per heavy atom. The van der Waals surface area contributed by atoms with E-state index < -0.39 is 0 Å². The third-order valence-electron chi connectivity index (χ3n) is 11.8. The van der Waals surface area contributed by atoms with Crippen LogP contribution in [0.25, 0.3) is 72.9 Å². The number of hydrogen-bond donors (Lipinski definition) is 0. The standard InChI is InChI=1S/C53H36N2/c1-3-15-35(16-4-1)50-34-51(55-52(54-50)36-17-5-2-6-18-36)41-22-14-21-39(32-41)37-19-13-20-38(31-37)40-29-30-45-44-25-9-12-28-48(44)53(49(45)33-40)46-26-10-7-23-42(46)43-24-8-11-27-47(43)53/h1-7,9-23,25-34H,8,24H2. The molecule has 11 rings (SSSR count). The molecule has 0 saturated carbocycles. The summed E-state index contributed by atoms with van der Waals surface area (Å²) in [7, 11) is 0. The van der Waals surface area contributed by atoms with Gasteiger partial charge in [0, 0.05) is 16.7 Å². The summed E-state index contributed by atoms with van der Waals surface area (Å²) >= 11 is 0. The molecule has 0 aliphatic heterocycles. The third kappa shape index (κ3) is 4.95. The Labute approximate surface area is 321 Å². The molecule has 3 aliphatic rings. The van der Waals surface area contributed by atoms with E-state index in [2.05, 4.69) is 170 Å². The third-order valence-corrected chi connectivity index (χ3v) is 11.8. The zero-order valence-electron chi connectivity index (χ0n) is 30.3. The highest BCUT2D eigenvalue weighted by molar-refractivity contribution is 5.97. The molecule has 1 heterocycles. The molecule has 0 saturated heterocycles. The Bertz CT molecular complexity index is 2810. The highest BCUT2D eigenvalue weighted by Crippen LogP contribution is 2.63. The van der Waals surface area contributed by atoms with Crippen molar-refractivity contribution in [1.82, 2.24) is 9.97 Å². The van der Waals surface area contributed by atoms with Crippen LogP contribution in [0.4, 0.5) is 0 Å². The van der Waals surface area contributed by atoms with Gasteiger partial charge in [-0.1, -0.05) is 170 Å². The number of hydrogen-bond acceptors (Lipinski definition) is 2. The molecular formula is C53H36N2. The zero-order chi connectivity index (χ0) is 36.3. The van der Waals surface area contributed by atoms with E-state index in [0.717, 1.165) is 52.3 Å². The first-order chi connectivity index (χ1) is 27.3. The topological polar surface area (TPSA) is 25.8 Å². The van der Waals surface area contributed by atoms with Gasteiger partial charge in [0.2, 0.25) is 0 Å². The van der Waals surface area contributed by atoms with Crippen molar-refractivity contribution in [3.05, 3.63) is 222 Å². The van der Waals surface area contributed by atoms with Crippen LogP contribution >= 0.6 is 0 Å². The highest BCUT2D eigenvalue weighted by atomic mass is 14.9. The minimum absolute atomic E-state index is 0.314. The summed E-state index contributed by atoms with van der Waals surface area (Å²) in [6, 6.07) is 65.8. The molecule has 258 valence electrons. The van der Waals surface area contributed by atoms with E-state index >= 15 is 0 Å². The van der Waals surface area contributed by atoms with Gasteiger partial charge in [-0.3, -0.25) is 0 Å². The smallest absolute Gasteiger partial charge is 0.160 e. The van der Waals surface area contributed by atoms with Crippen molar-refractivity contribution in [2.24, 2.45) is 0 Å². The number of rotatable bonds is 5. The molecule has 0 fully saturated rings. The lowest BCUT2D eigenvalue weighted by atomic mass is 9.69. The number of nitrogens with zero attached hydrogens (tertiary/aromatic N) is 2. The second kappa shape index (κ2) is 12.6. The first-order valence-corrected chi connectivity index (χ1v) is 19.2. The van der Waals surface area contributed by atoms with Gasteiger partial charge in [0.1, 0.15) is 0 Å². The van der Waals surface area contributed by atoms with Crippen LogP contribution in [-0.4, -0.2) is 9.97 Å². The molecule has 0 amide bonds. The maximum absolute atomic E-state index is 5.11. The maximum atomic E-state index is 5.11. The van der Waals surface area contributed by atoms with Gasteiger partial charge in [-0.15, -0.1) is 0 Å². The van der Waals surface area contributed by atoms with Crippen LogP contribution in [0.3, 0.4) is 0 Å². The van der Waals surface area contributed by atoms with Crippen molar-refractivity contribution in [2.45, 2.75) is 18.3 Å². The Kier molecular flexibility index (Phi) is 7.25. The molecule has 2 nitrogen and oxygen atoms in total. The Morgan fingerprint density at radius 3 is 1.64 bits per heavy atom. The monoisotopic (exact) mass is 700 g/mol. The summed E-state index contributed by atoms with van der Waals surface area (Å²) in [4.78, 5) is 10.1. The number of aromatic nitrogens is 2. The fourth-order valence-electron chi connectivity index (χ4n) is 9.36. The van der Waals surface area contributed by atoms with Crippen molar-refractivity contribution in [3.63, 3.8) is 0 Å². The predicted octanol–water partition coefficient (Wildman–Crippen LogP) is 13.2. The van der Waals surface area contributed by atoms with E-state index in [4.69, 9.17) is 9.97 Å². The quantitative estimate of drug-likeness (QED) is 0.179. The molecule has 1 unspecified atom stereocenters. The Hall–Kier alpha value is -6.90. The van der Waals surface area contributed by atoms with Gasteiger partial charge < -0.3 is 0 Å². The second-order valence-electron chi connectivity index (χ2n) is 14.8. The summed E-state index contributed by atoms with van der Waals surface area (Å²) < 4.78 is 0. The summed E-state index contributed by atoms with van der Waals surface area (Å²) in [6.07, 6.45) is 6.97. The molecule has 7 aromatic carbocycles. The maximum Gasteiger partial charge on any atom is 0.160 e. The van der Waals surface area contributed by atoms with Crippen LogP contribution < -0.4 is 0 Å². The lowest BCUT2D eigenvalue weighted by molar-refractivity contribution is 0.781. The Balaban J connectivity index is 1.02. The average molecular weight is 701 g/mol. The van der Waals surface area contributed by atoms with Crippen molar-refractivity contribution in [2.75, 3.05) is 0 Å². The molecule has 0 radical (unpaired) electrons. The van der Waals surface area contributed by atoms with Crippen LogP contribution in [0.1, 0.15) is 35.1 Å². The van der Waals surface area contributed by atoms with E-state index in [0.29, 0.717) is 0 Å². The van der Waals surface area contributed by atoms with Gasteiger partial charge in [0.05, 0.1) is 16.8 Å². The predicted molar refractivity (Wildman–Crippen MR) is 226 cm³/mol. The van der Waals surface area contributed by atoms with E-state index in [1.807, 2.05) is 24.3 Å². The van der Waals surface area contributed by atoms with Crippen LogP contribution in [0, 0.1) is 0 Å². The van der Waals surface area contributed by atoms with E-state index in [-0.39, 0.29) is 5.41 Å². The zero-order valence-corrected chi connectivity index (χ0v) is 30.3. The van der Waals surface area contributed by atoms with Crippen LogP contribution in [-0.2, 0) is 5.41 Å². The lowest BCUT2D eigenvalue weighted by Gasteiger charge is -2.32. The van der Waals surface area contributed by atoms with Crippen molar-refractivity contribution in [3.8, 4) is 67.3 Å². The first-order valence-electron chi connectivity index (χ1n) is 19.2. The van der Waals surface area contributed by atoms with Gasteiger partial charge >= 0.3 is 0 Å².